The van der Waals surface area contributed by atoms with Gasteiger partial charge in [0.15, 0.2) is 11.5 Å². The molecule has 3 aromatic rings. The fraction of sp³-hybridized carbons (Fsp3) is 0.278. The van der Waals surface area contributed by atoms with Gasteiger partial charge in [0.05, 0.1) is 13.0 Å². The molecule has 144 valence electrons. The minimum absolute atomic E-state index is 0.156. The maximum Gasteiger partial charge on any atom is 0.275 e. The van der Waals surface area contributed by atoms with Crippen LogP contribution in [0.25, 0.3) is 10.6 Å². The number of carbonyl (C=O) groups excluding carboxylic acids is 2. The lowest BCUT2D eigenvalue weighted by Crippen LogP contribution is -2.44. The third-order valence-electron chi connectivity index (χ3n) is 4.60. The van der Waals surface area contributed by atoms with Crippen molar-refractivity contribution in [3.63, 3.8) is 0 Å². The van der Waals surface area contributed by atoms with Crippen molar-refractivity contribution in [1.29, 1.82) is 0 Å². The van der Waals surface area contributed by atoms with Crippen LogP contribution in [-0.4, -0.2) is 57.0 Å². The third kappa shape index (κ3) is 3.11. The number of hydrogen-bond acceptors (Lipinski definition) is 7. The van der Waals surface area contributed by atoms with Crippen LogP contribution in [0.15, 0.2) is 36.2 Å². The average molecular weight is 397 g/mol. The predicted octanol–water partition coefficient (Wildman–Crippen LogP) is 2.08. The number of nitrogens with one attached hydrogen (secondary N) is 1. The average Bonchev–Trinajstić information content (AvgIpc) is 3.36. The summed E-state index contributed by atoms with van der Waals surface area (Å²) in [6, 6.07) is 2.97. The van der Waals surface area contributed by atoms with Gasteiger partial charge in [0, 0.05) is 37.4 Å². The molecule has 1 atom stereocenters. The van der Waals surface area contributed by atoms with Crippen LogP contribution in [0, 0.1) is 0 Å². The molecule has 1 N–H and O–H groups in total. The molecule has 0 radical (unpaired) electrons. The number of aromatic nitrogens is 4. The van der Waals surface area contributed by atoms with Gasteiger partial charge in [-0.2, -0.15) is 0 Å². The molecule has 0 aliphatic carbocycles. The number of nitrogens with zero attached hydrogens (tertiary/aromatic N) is 6. The van der Waals surface area contributed by atoms with Crippen LogP contribution in [0.2, 0.25) is 0 Å². The van der Waals surface area contributed by atoms with Crippen molar-refractivity contribution in [2.24, 2.45) is 0 Å². The highest BCUT2D eigenvalue weighted by atomic mass is 32.1. The van der Waals surface area contributed by atoms with Gasteiger partial charge in [-0.25, -0.2) is 15.0 Å². The van der Waals surface area contributed by atoms with Gasteiger partial charge in [-0.1, -0.05) is 0 Å². The van der Waals surface area contributed by atoms with Crippen LogP contribution < -0.4 is 10.2 Å². The molecule has 0 saturated heterocycles. The summed E-state index contributed by atoms with van der Waals surface area (Å²) in [7, 11) is 3.58. The van der Waals surface area contributed by atoms with Gasteiger partial charge in [-0.05, 0) is 19.1 Å². The molecule has 3 aromatic heterocycles. The first-order chi connectivity index (χ1) is 13.5. The van der Waals surface area contributed by atoms with E-state index in [1.165, 1.54) is 17.7 Å². The highest BCUT2D eigenvalue weighted by molar-refractivity contribution is 7.13. The van der Waals surface area contributed by atoms with Crippen LogP contribution in [0.5, 0.6) is 0 Å². The largest absolute Gasteiger partial charge is 0.340 e. The molecule has 0 unspecified atom stereocenters. The van der Waals surface area contributed by atoms with Crippen molar-refractivity contribution < 1.29 is 9.59 Å². The van der Waals surface area contributed by atoms with E-state index < -0.39 is 6.04 Å². The Balaban J connectivity index is 1.53. The predicted molar refractivity (Wildman–Crippen MR) is 106 cm³/mol. The molecule has 0 saturated carbocycles. The molecule has 0 fully saturated rings. The van der Waals surface area contributed by atoms with Gasteiger partial charge >= 0.3 is 0 Å². The topological polar surface area (TPSA) is 96.2 Å². The van der Waals surface area contributed by atoms with Crippen molar-refractivity contribution in [2.75, 3.05) is 31.0 Å². The smallest absolute Gasteiger partial charge is 0.275 e. The monoisotopic (exact) mass is 397 g/mol. The molecule has 4 rings (SSSR count). The highest BCUT2D eigenvalue weighted by Crippen LogP contribution is 2.27. The number of pyridine rings is 1. The number of rotatable bonds is 4. The first kappa shape index (κ1) is 18.1. The second-order valence-corrected chi connectivity index (χ2v) is 7.50. The van der Waals surface area contributed by atoms with Gasteiger partial charge < -0.3 is 19.7 Å². The zero-order valence-corrected chi connectivity index (χ0v) is 16.5. The van der Waals surface area contributed by atoms with Gasteiger partial charge in [-0.3, -0.25) is 9.59 Å². The van der Waals surface area contributed by atoms with E-state index in [4.69, 9.17) is 0 Å². The maximum atomic E-state index is 12.7. The molecule has 0 spiro atoms. The van der Waals surface area contributed by atoms with E-state index in [-0.39, 0.29) is 11.8 Å². The SMILES string of the molecule is C[C@@H](C(=O)Nc1ccc(-c2nccs2)cn1)n1cnc2c1C(=O)N(C)CN2C. The van der Waals surface area contributed by atoms with Crippen molar-refractivity contribution in [3.8, 4) is 10.6 Å². The zero-order valence-electron chi connectivity index (χ0n) is 15.7. The first-order valence-corrected chi connectivity index (χ1v) is 9.54. The number of amides is 2. The molecule has 1 aliphatic rings. The number of carbonyl (C=O) groups is 2. The van der Waals surface area contributed by atoms with Crippen molar-refractivity contribution in [2.45, 2.75) is 13.0 Å². The fourth-order valence-corrected chi connectivity index (χ4v) is 3.71. The molecule has 28 heavy (non-hydrogen) atoms. The van der Waals surface area contributed by atoms with E-state index in [0.717, 1.165) is 10.6 Å². The summed E-state index contributed by atoms with van der Waals surface area (Å²) in [4.78, 5) is 41.6. The fourth-order valence-electron chi connectivity index (χ4n) is 3.08. The summed E-state index contributed by atoms with van der Waals surface area (Å²) < 4.78 is 1.60. The summed E-state index contributed by atoms with van der Waals surface area (Å²) in [5.41, 5.74) is 1.30. The molecule has 1 aliphatic heterocycles. The van der Waals surface area contributed by atoms with E-state index >= 15 is 0 Å². The zero-order chi connectivity index (χ0) is 19.8. The lowest BCUT2D eigenvalue weighted by Gasteiger charge is -2.31. The Kier molecular flexibility index (Phi) is 4.55. The van der Waals surface area contributed by atoms with Crippen LogP contribution in [-0.2, 0) is 4.79 Å². The van der Waals surface area contributed by atoms with E-state index in [2.05, 4.69) is 20.3 Å². The Morgan fingerprint density at radius 1 is 1.21 bits per heavy atom. The number of anilines is 2. The van der Waals surface area contributed by atoms with Crippen molar-refractivity contribution >= 4 is 34.8 Å². The molecule has 10 heteroatoms. The van der Waals surface area contributed by atoms with Gasteiger partial charge in [0.2, 0.25) is 5.91 Å². The van der Waals surface area contributed by atoms with Crippen molar-refractivity contribution in [3.05, 3.63) is 41.9 Å². The van der Waals surface area contributed by atoms with Gasteiger partial charge in [0.25, 0.3) is 5.91 Å². The first-order valence-electron chi connectivity index (χ1n) is 8.66. The Hall–Kier alpha value is -3.27. The van der Waals surface area contributed by atoms with Gasteiger partial charge in [0.1, 0.15) is 16.9 Å². The molecular formula is C18H19N7O2S. The summed E-state index contributed by atoms with van der Waals surface area (Å²) in [5, 5.41) is 5.56. The summed E-state index contributed by atoms with van der Waals surface area (Å²) in [6.07, 6.45) is 4.94. The van der Waals surface area contributed by atoms with Crippen LogP contribution in [0.4, 0.5) is 11.6 Å². The Bertz CT molecular complexity index is 1010. The van der Waals surface area contributed by atoms with Crippen LogP contribution >= 0.6 is 11.3 Å². The number of thiazole rings is 1. The van der Waals surface area contributed by atoms with E-state index in [1.54, 1.807) is 41.9 Å². The highest BCUT2D eigenvalue weighted by Gasteiger charge is 2.32. The maximum absolute atomic E-state index is 12.7. The Morgan fingerprint density at radius 2 is 2.04 bits per heavy atom. The minimum atomic E-state index is -0.625. The summed E-state index contributed by atoms with van der Waals surface area (Å²) >= 11 is 1.52. The van der Waals surface area contributed by atoms with E-state index in [0.29, 0.717) is 24.0 Å². The van der Waals surface area contributed by atoms with E-state index in [1.807, 2.05) is 23.4 Å². The summed E-state index contributed by atoms with van der Waals surface area (Å²) in [6.45, 7) is 2.18. The third-order valence-corrected chi connectivity index (χ3v) is 5.42. The standard InChI is InChI=1S/C18H19N7O2S/c1-11(25-9-21-15-14(25)18(27)24(3)10-23(15)2)16(26)22-13-5-4-12(8-20-13)17-19-6-7-28-17/h4-9,11H,10H2,1-3H3,(H,20,22,26)/t11-/m0/s1. The Morgan fingerprint density at radius 3 is 2.71 bits per heavy atom. The lowest BCUT2D eigenvalue weighted by molar-refractivity contribution is -0.118. The van der Waals surface area contributed by atoms with E-state index in [9.17, 15) is 9.59 Å². The number of hydrogen-bond donors (Lipinski definition) is 1. The number of imidazole rings is 1. The Labute approximate surface area is 165 Å². The lowest BCUT2D eigenvalue weighted by atomic mass is 10.2. The molecular weight excluding hydrogens is 378 g/mol. The van der Waals surface area contributed by atoms with Crippen LogP contribution in [0.1, 0.15) is 23.5 Å². The van der Waals surface area contributed by atoms with Crippen LogP contribution in [0.3, 0.4) is 0 Å². The quantitative estimate of drug-likeness (QED) is 0.724. The molecule has 0 bridgehead atoms. The minimum Gasteiger partial charge on any atom is -0.340 e. The molecule has 2 amide bonds. The number of fused-ring (bicyclic) bond motifs is 1. The second kappa shape index (κ2) is 7.04. The molecule has 4 heterocycles. The molecule has 9 nitrogen and oxygen atoms in total. The normalized spacial score (nSPS) is 14.8. The second-order valence-electron chi connectivity index (χ2n) is 6.60. The van der Waals surface area contributed by atoms with Crippen molar-refractivity contribution in [1.82, 2.24) is 24.4 Å². The summed E-state index contributed by atoms with van der Waals surface area (Å²) in [5.74, 6) is 0.579. The molecule has 0 aromatic carbocycles. The van der Waals surface area contributed by atoms with Gasteiger partial charge in [-0.15, -0.1) is 11.3 Å².